The second kappa shape index (κ2) is 6.48. The van der Waals surface area contributed by atoms with Gasteiger partial charge in [-0.1, -0.05) is 16.8 Å². The average Bonchev–Trinajstić information content (AvgIpc) is 3.18. The molecule has 130 valence electrons. The molecule has 0 saturated heterocycles. The van der Waals surface area contributed by atoms with Gasteiger partial charge in [0.1, 0.15) is 6.26 Å². The third-order valence-electron chi connectivity index (χ3n) is 2.93. The summed E-state index contributed by atoms with van der Waals surface area (Å²) >= 11 is 5.90. The lowest BCUT2D eigenvalue weighted by atomic mass is 10.2. The topological polar surface area (TPSA) is 93.2 Å². The van der Waals surface area contributed by atoms with Gasteiger partial charge in [0.15, 0.2) is 5.69 Å². The van der Waals surface area contributed by atoms with Gasteiger partial charge in [0, 0.05) is 11.1 Å². The number of benzene rings is 1. The number of nitrogens with one attached hydrogen (secondary N) is 2. The number of nitrogens with zero attached hydrogens (tertiary/aromatic N) is 2. The number of hydrogen-bond acceptors (Lipinski definition) is 5. The smallest absolute Gasteiger partial charge is 0.436 e. The van der Waals surface area contributed by atoms with E-state index in [1.54, 1.807) is 12.1 Å². The van der Waals surface area contributed by atoms with Crippen LogP contribution in [-0.4, -0.2) is 16.2 Å². The van der Waals surface area contributed by atoms with Crippen LogP contribution in [0, 0.1) is 0 Å². The fourth-order valence-electron chi connectivity index (χ4n) is 1.90. The molecular weight excluding hydrogens is 365 g/mol. The lowest BCUT2D eigenvalue weighted by Crippen LogP contribution is -2.19. The van der Waals surface area contributed by atoms with E-state index in [4.69, 9.17) is 16.0 Å². The van der Waals surface area contributed by atoms with E-state index in [1.807, 2.05) is 0 Å². The zero-order valence-corrected chi connectivity index (χ0v) is 12.9. The number of aromatic nitrogens is 2. The number of hydrogen-bond donors (Lipinski definition) is 2. The molecule has 0 bridgehead atoms. The van der Waals surface area contributed by atoms with Crippen LogP contribution < -0.4 is 10.6 Å². The number of oxazole rings is 1. The molecule has 7 nitrogen and oxygen atoms in total. The standard InChI is InChI=1S/C14H8ClF3N4O3/c15-7-1-2-8(12-19-3-4-24-12)9(5-7)20-13(23)21-11-6-10(22-25-11)14(16,17)18/h1-6H,(H2,20,21,23). The maximum absolute atomic E-state index is 12.5. The van der Waals surface area contributed by atoms with E-state index in [0.29, 0.717) is 16.7 Å². The summed E-state index contributed by atoms with van der Waals surface area (Å²) in [5.74, 6) is -0.240. The molecule has 2 amide bonds. The number of carbonyl (C=O) groups is 1. The first-order valence-electron chi connectivity index (χ1n) is 6.64. The van der Waals surface area contributed by atoms with Crippen molar-refractivity contribution in [2.24, 2.45) is 0 Å². The zero-order chi connectivity index (χ0) is 18.0. The minimum absolute atomic E-state index is 0.228. The summed E-state index contributed by atoms with van der Waals surface area (Å²) < 4.78 is 47.0. The highest BCUT2D eigenvalue weighted by Crippen LogP contribution is 2.31. The number of carbonyl (C=O) groups excluding carboxylic acids is 1. The Morgan fingerprint density at radius 1 is 1.20 bits per heavy atom. The highest BCUT2D eigenvalue weighted by Gasteiger charge is 2.35. The number of halogens is 4. The Hall–Kier alpha value is -3.01. The van der Waals surface area contributed by atoms with Crippen LogP contribution in [-0.2, 0) is 6.18 Å². The Kier molecular flexibility index (Phi) is 4.36. The minimum atomic E-state index is -4.68. The van der Waals surface area contributed by atoms with Gasteiger partial charge >= 0.3 is 12.2 Å². The Balaban J connectivity index is 1.77. The van der Waals surface area contributed by atoms with Crippen molar-refractivity contribution in [3.05, 3.63) is 47.4 Å². The van der Waals surface area contributed by atoms with E-state index in [2.05, 4.69) is 25.3 Å². The van der Waals surface area contributed by atoms with E-state index in [-0.39, 0.29) is 11.6 Å². The lowest BCUT2D eigenvalue weighted by molar-refractivity contribution is -0.142. The first-order valence-corrected chi connectivity index (χ1v) is 7.02. The van der Waals surface area contributed by atoms with Crippen molar-refractivity contribution in [3.63, 3.8) is 0 Å². The van der Waals surface area contributed by atoms with Crippen molar-refractivity contribution in [3.8, 4) is 11.5 Å². The number of amides is 2. The van der Waals surface area contributed by atoms with Crippen LogP contribution in [0.4, 0.5) is 29.5 Å². The lowest BCUT2D eigenvalue weighted by Gasteiger charge is -2.09. The molecule has 3 rings (SSSR count). The maximum atomic E-state index is 12.5. The van der Waals surface area contributed by atoms with E-state index in [9.17, 15) is 18.0 Å². The summed E-state index contributed by atoms with van der Waals surface area (Å²) in [6.45, 7) is 0. The van der Waals surface area contributed by atoms with Crippen molar-refractivity contribution < 1.29 is 26.9 Å². The molecule has 0 aliphatic heterocycles. The van der Waals surface area contributed by atoms with Gasteiger partial charge in [-0.15, -0.1) is 0 Å². The Labute approximate surface area is 142 Å². The number of anilines is 2. The SMILES string of the molecule is O=C(Nc1cc(C(F)(F)F)no1)Nc1cc(Cl)ccc1-c1ncco1. The number of rotatable bonds is 3. The molecule has 0 radical (unpaired) electrons. The molecular formula is C14H8ClF3N4O3. The summed E-state index contributed by atoms with van der Waals surface area (Å²) in [4.78, 5) is 16.0. The zero-order valence-electron chi connectivity index (χ0n) is 12.1. The van der Waals surface area contributed by atoms with Crippen LogP contribution in [0.15, 0.2) is 45.7 Å². The fraction of sp³-hybridized carbons (Fsp3) is 0.0714. The van der Waals surface area contributed by atoms with Gasteiger partial charge < -0.3 is 14.3 Å². The molecule has 2 N–H and O–H groups in total. The van der Waals surface area contributed by atoms with E-state index < -0.39 is 23.8 Å². The van der Waals surface area contributed by atoms with E-state index in [1.165, 1.54) is 18.5 Å². The molecule has 0 aliphatic carbocycles. The summed E-state index contributed by atoms with van der Waals surface area (Å²) in [5, 5.41) is 7.69. The number of alkyl halides is 3. The van der Waals surface area contributed by atoms with Crippen molar-refractivity contribution >= 4 is 29.2 Å². The van der Waals surface area contributed by atoms with Crippen LogP contribution in [0.2, 0.25) is 5.02 Å². The fourth-order valence-corrected chi connectivity index (χ4v) is 2.07. The van der Waals surface area contributed by atoms with Crippen LogP contribution in [0.5, 0.6) is 0 Å². The van der Waals surface area contributed by atoms with Crippen LogP contribution >= 0.6 is 11.6 Å². The van der Waals surface area contributed by atoms with Gasteiger partial charge in [-0.05, 0) is 18.2 Å². The van der Waals surface area contributed by atoms with Crippen LogP contribution in [0.3, 0.4) is 0 Å². The van der Waals surface area contributed by atoms with Gasteiger partial charge in [-0.25, -0.2) is 9.78 Å². The molecule has 25 heavy (non-hydrogen) atoms. The van der Waals surface area contributed by atoms with Gasteiger partial charge in [-0.2, -0.15) is 13.2 Å². The number of urea groups is 1. The third-order valence-corrected chi connectivity index (χ3v) is 3.16. The molecule has 0 unspecified atom stereocenters. The summed E-state index contributed by atoms with van der Waals surface area (Å²) in [6, 6.07) is 4.27. The van der Waals surface area contributed by atoms with E-state index >= 15 is 0 Å². The second-order valence-corrected chi connectivity index (χ2v) is 5.12. The monoisotopic (exact) mass is 372 g/mol. The van der Waals surface area contributed by atoms with E-state index in [0.717, 1.165) is 0 Å². The van der Waals surface area contributed by atoms with Crippen LogP contribution in [0.25, 0.3) is 11.5 Å². The maximum Gasteiger partial charge on any atom is 0.436 e. The normalized spacial score (nSPS) is 11.4. The first kappa shape index (κ1) is 16.8. The third kappa shape index (κ3) is 3.91. The van der Waals surface area contributed by atoms with Crippen molar-refractivity contribution in [1.82, 2.24) is 10.1 Å². The quantitative estimate of drug-likeness (QED) is 0.698. The minimum Gasteiger partial charge on any atom is -0.444 e. The molecule has 0 fully saturated rings. The Bertz CT molecular complexity index is 893. The van der Waals surface area contributed by atoms with Crippen molar-refractivity contribution in [2.75, 3.05) is 10.6 Å². The molecule has 0 spiro atoms. The molecule has 2 aromatic heterocycles. The highest BCUT2D eigenvalue weighted by atomic mass is 35.5. The second-order valence-electron chi connectivity index (χ2n) is 4.68. The molecule has 0 atom stereocenters. The largest absolute Gasteiger partial charge is 0.444 e. The molecule has 11 heteroatoms. The average molecular weight is 373 g/mol. The first-order chi connectivity index (χ1) is 11.8. The van der Waals surface area contributed by atoms with Crippen LogP contribution in [0.1, 0.15) is 5.69 Å². The predicted molar refractivity (Wildman–Crippen MR) is 81.1 cm³/mol. The Morgan fingerprint density at radius 3 is 2.64 bits per heavy atom. The Morgan fingerprint density at radius 2 is 2.00 bits per heavy atom. The molecule has 0 saturated carbocycles. The summed E-state index contributed by atoms with van der Waals surface area (Å²) in [5.41, 5.74) is -0.591. The van der Waals surface area contributed by atoms with Crippen molar-refractivity contribution in [1.29, 1.82) is 0 Å². The highest BCUT2D eigenvalue weighted by molar-refractivity contribution is 6.31. The van der Waals surface area contributed by atoms with Gasteiger partial charge in [-0.3, -0.25) is 5.32 Å². The van der Waals surface area contributed by atoms with Gasteiger partial charge in [0.2, 0.25) is 11.8 Å². The summed E-state index contributed by atoms with van der Waals surface area (Å²) in [6.07, 6.45) is -1.91. The predicted octanol–water partition coefficient (Wildman–Crippen LogP) is 4.65. The molecule has 0 aliphatic rings. The van der Waals surface area contributed by atoms with Crippen molar-refractivity contribution in [2.45, 2.75) is 6.18 Å². The van der Waals surface area contributed by atoms with Gasteiger partial charge in [0.25, 0.3) is 0 Å². The summed E-state index contributed by atoms with van der Waals surface area (Å²) in [7, 11) is 0. The molecule has 1 aromatic carbocycles. The molecule has 2 heterocycles. The molecule has 3 aromatic rings. The van der Waals surface area contributed by atoms with Gasteiger partial charge in [0.05, 0.1) is 17.4 Å².